The Bertz CT molecular complexity index is 642. The number of nitrogens with one attached hydrogen (secondary N) is 2. The normalized spacial score (nSPS) is 22.5. The van der Waals surface area contributed by atoms with Gasteiger partial charge in [-0.05, 0) is 12.1 Å². The standard InChI is InChI=1S/C12H15N3O3S/c1-19(17,18)10-4-2-3-8-11(10)14-12(16)9-7-13-5-6-15(8)9/h2-4,9,13H,5-7H2,1H3,(H,14,16). The highest BCUT2D eigenvalue weighted by Gasteiger charge is 2.36. The monoisotopic (exact) mass is 281 g/mol. The molecular weight excluding hydrogens is 266 g/mol. The number of carbonyl (C=O) groups is 1. The largest absolute Gasteiger partial charge is 0.355 e. The molecule has 19 heavy (non-hydrogen) atoms. The van der Waals surface area contributed by atoms with Crippen LogP contribution in [0.15, 0.2) is 23.1 Å². The second-order valence-electron chi connectivity index (χ2n) is 4.83. The average Bonchev–Trinajstić information content (AvgIpc) is 2.37. The summed E-state index contributed by atoms with van der Waals surface area (Å²) in [7, 11) is -3.36. The number of sulfone groups is 1. The number of hydrogen-bond acceptors (Lipinski definition) is 5. The van der Waals surface area contributed by atoms with Gasteiger partial charge < -0.3 is 15.5 Å². The Kier molecular flexibility index (Phi) is 2.75. The number of rotatable bonds is 1. The van der Waals surface area contributed by atoms with E-state index in [1.807, 2.05) is 11.0 Å². The summed E-state index contributed by atoms with van der Waals surface area (Å²) in [6, 6.07) is 4.82. The van der Waals surface area contributed by atoms with Crippen LogP contribution in [0.3, 0.4) is 0 Å². The van der Waals surface area contributed by atoms with Crippen LogP contribution >= 0.6 is 0 Å². The molecule has 1 aromatic carbocycles. The molecule has 1 unspecified atom stereocenters. The maximum absolute atomic E-state index is 12.1. The van der Waals surface area contributed by atoms with E-state index in [0.717, 1.165) is 18.5 Å². The molecule has 0 bridgehead atoms. The molecule has 0 spiro atoms. The first-order valence-corrected chi connectivity index (χ1v) is 7.99. The Hall–Kier alpha value is -1.60. The number of para-hydroxylation sites is 1. The van der Waals surface area contributed by atoms with Crippen LogP contribution in [0.4, 0.5) is 11.4 Å². The Balaban J connectivity index is 2.17. The van der Waals surface area contributed by atoms with Crippen LogP contribution in [0.5, 0.6) is 0 Å². The second-order valence-corrected chi connectivity index (χ2v) is 6.81. The fourth-order valence-corrected chi connectivity index (χ4v) is 3.48. The molecular formula is C12H15N3O3S. The quantitative estimate of drug-likeness (QED) is 0.746. The van der Waals surface area contributed by atoms with E-state index in [4.69, 9.17) is 0 Å². The number of hydrogen-bond donors (Lipinski definition) is 2. The van der Waals surface area contributed by atoms with Gasteiger partial charge in [0.2, 0.25) is 5.91 Å². The molecule has 2 aliphatic heterocycles. The maximum atomic E-state index is 12.1. The van der Waals surface area contributed by atoms with E-state index in [9.17, 15) is 13.2 Å². The lowest BCUT2D eigenvalue weighted by molar-refractivity contribution is -0.117. The molecule has 1 saturated heterocycles. The lowest BCUT2D eigenvalue weighted by atomic mass is 10.1. The Morgan fingerprint density at radius 1 is 1.37 bits per heavy atom. The van der Waals surface area contributed by atoms with Crippen molar-refractivity contribution in [2.75, 3.05) is 36.1 Å². The van der Waals surface area contributed by atoms with Gasteiger partial charge >= 0.3 is 0 Å². The molecule has 2 heterocycles. The van der Waals surface area contributed by atoms with Crippen LogP contribution in [0.1, 0.15) is 0 Å². The Morgan fingerprint density at radius 3 is 2.89 bits per heavy atom. The van der Waals surface area contributed by atoms with Gasteiger partial charge in [0.25, 0.3) is 0 Å². The smallest absolute Gasteiger partial charge is 0.248 e. The number of nitrogens with zero attached hydrogens (tertiary/aromatic N) is 1. The zero-order chi connectivity index (χ0) is 13.6. The molecule has 0 aliphatic carbocycles. The Morgan fingerprint density at radius 2 is 2.16 bits per heavy atom. The summed E-state index contributed by atoms with van der Waals surface area (Å²) in [5.41, 5.74) is 1.20. The van der Waals surface area contributed by atoms with E-state index in [2.05, 4.69) is 10.6 Å². The third-order valence-corrected chi connectivity index (χ3v) is 4.65. The summed E-state index contributed by atoms with van der Waals surface area (Å²) in [5, 5.41) is 5.90. The number of amides is 1. The minimum Gasteiger partial charge on any atom is -0.355 e. The van der Waals surface area contributed by atoms with Crippen molar-refractivity contribution in [3.05, 3.63) is 18.2 Å². The van der Waals surface area contributed by atoms with Gasteiger partial charge in [0.1, 0.15) is 6.04 Å². The van der Waals surface area contributed by atoms with Gasteiger partial charge in [0.15, 0.2) is 9.84 Å². The summed E-state index contributed by atoms with van der Waals surface area (Å²) < 4.78 is 23.6. The highest BCUT2D eigenvalue weighted by molar-refractivity contribution is 7.90. The van der Waals surface area contributed by atoms with Crippen LogP contribution in [0.25, 0.3) is 0 Å². The highest BCUT2D eigenvalue weighted by atomic mass is 32.2. The fourth-order valence-electron chi connectivity index (χ4n) is 2.63. The highest BCUT2D eigenvalue weighted by Crippen LogP contribution is 2.37. The van der Waals surface area contributed by atoms with E-state index in [0.29, 0.717) is 18.8 Å². The molecule has 1 atom stereocenters. The van der Waals surface area contributed by atoms with Gasteiger partial charge in [0, 0.05) is 25.9 Å². The molecule has 0 radical (unpaired) electrons. The van der Waals surface area contributed by atoms with Crippen molar-refractivity contribution in [1.82, 2.24) is 5.32 Å². The van der Waals surface area contributed by atoms with E-state index in [-0.39, 0.29) is 16.8 Å². The van der Waals surface area contributed by atoms with Gasteiger partial charge in [0.05, 0.1) is 16.3 Å². The van der Waals surface area contributed by atoms with Crippen molar-refractivity contribution < 1.29 is 13.2 Å². The minimum atomic E-state index is -3.36. The third kappa shape index (κ3) is 1.98. The number of fused-ring (bicyclic) bond motifs is 3. The topological polar surface area (TPSA) is 78.5 Å². The molecule has 1 fully saturated rings. The first kappa shape index (κ1) is 12.4. The van der Waals surface area contributed by atoms with Crippen molar-refractivity contribution in [3.8, 4) is 0 Å². The van der Waals surface area contributed by atoms with Crippen molar-refractivity contribution >= 4 is 27.1 Å². The molecule has 3 rings (SSSR count). The van der Waals surface area contributed by atoms with E-state index < -0.39 is 9.84 Å². The second kappa shape index (κ2) is 4.21. The van der Waals surface area contributed by atoms with Crippen molar-refractivity contribution in [2.45, 2.75) is 10.9 Å². The zero-order valence-corrected chi connectivity index (χ0v) is 11.3. The van der Waals surface area contributed by atoms with Crippen LogP contribution in [0, 0.1) is 0 Å². The molecule has 2 N–H and O–H groups in total. The molecule has 0 saturated carbocycles. The van der Waals surface area contributed by atoms with Crippen molar-refractivity contribution in [3.63, 3.8) is 0 Å². The number of piperazine rings is 1. The maximum Gasteiger partial charge on any atom is 0.248 e. The zero-order valence-electron chi connectivity index (χ0n) is 10.5. The van der Waals surface area contributed by atoms with Gasteiger partial charge in [-0.25, -0.2) is 8.42 Å². The molecule has 1 aromatic rings. The SMILES string of the molecule is CS(=O)(=O)c1cccc2c1NC(=O)C1CNCCN21. The lowest BCUT2D eigenvalue weighted by Crippen LogP contribution is -2.59. The molecule has 1 amide bonds. The van der Waals surface area contributed by atoms with Crippen molar-refractivity contribution in [1.29, 1.82) is 0 Å². The predicted octanol–water partition coefficient (Wildman–Crippen LogP) is -0.180. The molecule has 0 aromatic heterocycles. The fraction of sp³-hybridized carbons (Fsp3) is 0.417. The molecule has 102 valence electrons. The minimum absolute atomic E-state index is 0.157. The Labute approximate surface area is 111 Å². The number of carbonyl (C=O) groups excluding carboxylic acids is 1. The van der Waals surface area contributed by atoms with E-state index in [1.54, 1.807) is 6.07 Å². The van der Waals surface area contributed by atoms with E-state index in [1.165, 1.54) is 6.07 Å². The number of benzene rings is 1. The van der Waals surface area contributed by atoms with Crippen LogP contribution in [-0.2, 0) is 14.6 Å². The number of anilines is 2. The average molecular weight is 281 g/mol. The van der Waals surface area contributed by atoms with Crippen LogP contribution < -0.4 is 15.5 Å². The molecule has 6 nitrogen and oxygen atoms in total. The summed E-state index contributed by atoms with van der Waals surface area (Å²) in [6.07, 6.45) is 1.15. The van der Waals surface area contributed by atoms with Gasteiger partial charge in [-0.2, -0.15) is 0 Å². The molecule has 2 aliphatic rings. The summed E-state index contributed by atoms with van der Waals surface area (Å²) in [6.45, 7) is 2.05. The van der Waals surface area contributed by atoms with E-state index >= 15 is 0 Å². The first-order valence-electron chi connectivity index (χ1n) is 6.10. The van der Waals surface area contributed by atoms with Gasteiger partial charge in [-0.15, -0.1) is 0 Å². The molecule has 7 heteroatoms. The first-order chi connectivity index (χ1) is 8.98. The third-order valence-electron chi connectivity index (χ3n) is 3.51. The van der Waals surface area contributed by atoms with Crippen LogP contribution in [0.2, 0.25) is 0 Å². The summed E-state index contributed by atoms with van der Waals surface area (Å²) in [5.74, 6) is -0.157. The van der Waals surface area contributed by atoms with Gasteiger partial charge in [-0.3, -0.25) is 4.79 Å². The lowest BCUT2D eigenvalue weighted by Gasteiger charge is -2.41. The van der Waals surface area contributed by atoms with Crippen LogP contribution in [-0.4, -0.2) is 46.3 Å². The van der Waals surface area contributed by atoms with Crippen molar-refractivity contribution in [2.24, 2.45) is 0 Å². The predicted molar refractivity (Wildman–Crippen MR) is 72.2 cm³/mol. The summed E-state index contributed by atoms with van der Waals surface area (Å²) in [4.78, 5) is 14.2. The van der Waals surface area contributed by atoms with Gasteiger partial charge in [-0.1, -0.05) is 6.07 Å². The summed E-state index contributed by atoms with van der Waals surface area (Å²) >= 11 is 0.